The van der Waals surface area contributed by atoms with Crippen LogP contribution in [0.3, 0.4) is 0 Å². The summed E-state index contributed by atoms with van der Waals surface area (Å²) >= 11 is 1.30. The Balaban J connectivity index is 1.54. The number of hydrogen-bond acceptors (Lipinski definition) is 6. The zero-order valence-corrected chi connectivity index (χ0v) is 16.2. The Hall–Kier alpha value is -2.41. The molecule has 6 nitrogen and oxygen atoms in total. The molecule has 2 heterocycles. The molecule has 27 heavy (non-hydrogen) atoms. The minimum absolute atomic E-state index is 0.162. The van der Waals surface area contributed by atoms with Crippen molar-refractivity contribution >= 4 is 29.3 Å². The molecule has 0 spiro atoms. The molecule has 4 rings (SSSR count). The molecule has 140 valence electrons. The van der Waals surface area contributed by atoms with Crippen LogP contribution >= 0.6 is 11.8 Å². The lowest BCUT2D eigenvalue weighted by molar-refractivity contribution is -0.121. The van der Waals surface area contributed by atoms with Crippen molar-refractivity contribution in [3.05, 3.63) is 41.2 Å². The van der Waals surface area contributed by atoms with Gasteiger partial charge in [-0.1, -0.05) is 11.8 Å². The van der Waals surface area contributed by atoms with E-state index >= 15 is 0 Å². The molecular formula is C20H21N3O3S. The highest BCUT2D eigenvalue weighted by atomic mass is 32.2. The molecule has 1 aromatic heterocycles. The van der Waals surface area contributed by atoms with Crippen LogP contribution in [0.4, 0.5) is 5.69 Å². The van der Waals surface area contributed by atoms with Crippen molar-refractivity contribution < 1.29 is 14.3 Å². The van der Waals surface area contributed by atoms with Gasteiger partial charge in [-0.2, -0.15) is 0 Å². The first-order valence-electron chi connectivity index (χ1n) is 9.10. The van der Waals surface area contributed by atoms with Crippen LogP contribution in [0, 0.1) is 6.92 Å². The Bertz CT molecular complexity index is 898. The molecule has 7 heteroatoms. The number of amides is 2. The topological polar surface area (TPSA) is 72.4 Å². The fraction of sp³-hybridized carbons (Fsp3) is 0.400. The number of imide groups is 1. The molecule has 0 bridgehead atoms. The molecule has 0 unspecified atom stereocenters. The number of ether oxygens (including phenoxy) is 1. The summed E-state index contributed by atoms with van der Waals surface area (Å²) in [5.41, 5.74) is 3.90. The molecule has 2 amide bonds. The van der Waals surface area contributed by atoms with E-state index in [4.69, 9.17) is 4.74 Å². The van der Waals surface area contributed by atoms with E-state index < -0.39 is 5.25 Å². The summed E-state index contributed by atoms with van der Waals surface area (Å²) < 4.78 is 5.13. The van der Waals surface area contributed by atoms with Gasteiger partial charge in [-0.25, -0.2) is 14.9 Å². The molecular weight excluding hydrogens is 362 g/mol. The van der Waals surface area contributed by atoms with Crippen molar-refractivity contribution in [3.63, 3.8) is 0 Å². The zero-order valence-electron chi connectivity index (χ0n) is 15.4. The number of aryl methyl sites for hydroxylation is 2. The molecule has 2 aromatic rings. The monoisotopic (exact) mass is 383 g/mol. The van der Waals surface area contributed by atoms with Gasteiger partial charge in [-0.05, 0) is 62.4 Å². The minimum Gasteiger partial charge on any atom is -0.497 e. The van der Waals surface area contributed by atoms with E-state index in [9.17, 15) is 9.59 Å². The van der Waals surface area contributed by atoms with Crippen LogP contribution in [0.15, 0.2) is 29.4 Å². The van der Waals surface area contributed by atoms with Gasteiger partial charge in [0.25, 0.3) is 0 Å². The van der Waals surface area contributed by atoms with Crippen LogP contribution < -0.4 is 9.64 Å². The number of nitrogens with zero attached hydrogens (tertiary/aromatic N) is 3. The molecule has 1 aromatic carbocycles. The molecule has 2 aliphatic rings. The van der Waals surface area contributed by atoms with Crippen LogP contribution in [-0.4, -0.2) is 34.1 Å². The number of aromatic nitrogens is 2. The number of methoxy groups -OCH3 is 1. The number of fused-ring (bicyclic) bond motifs is 1. The van der Waals surface area contributed by atoms with E-state index in [0.29, 0.717) is 16.6 Å². The second-order valence-electron chi connectivity index (χ2n) is 6.80. The van der Waals surface area contributed by atoms with Gasteiger partial charge >= 0.3 is 0 Å². The van der Waals surface area contributed by atoms with Crippen LogP contribution in [-0.2, 0) is 22.4 Å². The van der Waals surface area contributed by atoms with E-state index in [1.54, 1.807) is 31.4 Å². The highest BCUT2D eigenvalue weighted by Crippen LogP contribution is 2.34. The maximum Gasteiger partial charge on any atom is 0.247 e. The van der Waals surface area contributed by atoms with E-state index in [2.05, 4.69) is 9.97 Å². The van der Waals surface area contributed by atoms with Crippen LogP contribution in [0.5, 0.6) is 5.75 Å². The number of rotatable bonds is 4. The van der Waals surface area contributed by atoms with E-state index in [1.807, 2.05) is 6.92 Å². The second-order valence-corrected chi connectivity index (χ2v) is 7.97. The zero-order chi connectivity index (χ0) is 19.0. The van der Waals surface area contributed by atoms with Gasteiger partial charge in [0.1, 0.15) is 11.0 Å². The Labute approximate surface area is 162 Å². The Morgan fingerprint density at radius 2 is 1.85 bits per heavy atom. The number of carbonyl (C=O) groups is 2. The third kappa shape index (κ3) is 3.43. The number of thioether (sulfide) groups is 1. The van der Waals surface area contributed by atoms with Gasteiger partial charge in [0.15, 0.2) is 5.16 Å². The molecule has 1 saturated heterocycles. The largest absolute Gasteiger partial charge is 0.497 e. The highest BCUT2D eigenvalue weighted by Gasteiger charge is 2.40. The third-order valence-electron chi connectivity index (χ3n) is 5.05. The Morgan fingerprint density at radius 1 is 1.11 bits per heavy atom. The summed E-state index contributed by atoms with van der Waals surface area (Å²) in [5, 5.41) is 0.108. The Kier molecular flexibility index (Phi) is 4.86. The predicted molar refractivity (Wildman–Crippen MR) is 103 cm³/mol. The number of hydrogen-bond donors (Lipinski definition) is 0. The quantitative estimate of drug-likeness (QED) is 0.597. The molecule has 1 fully saturated rings. The maximum absolute atomic E-state index is 12.8. The normalized spacial score (nSPS) is 19.3. The first kappa shape index (κ1) is 18.0. The lowest BCUT2D eigenvalue weighted by Gasteiger charge is -2.18. The van der Waals surface area contributed by atoms with Gasteiger partial charge in [-0.15, -0.1) is 0 Å². The summed E-state index contributed by atoms with van der Waals surface area (Å²) in [7, 11) is 1.58. The minimum atomic E-state index is -0.486. The van der Waals surface area contributed by atoms with Gasteiger partial charge < -0.3 is 4.74 Å². The fourth-order valence-electron chi connectivity index (χ4n) is 3.63. The molecule has 1 atom stereocenters. The molecule has 0 radical (unpaired) electrons. The second kappa shape index (κ2) is 7.31. The van der Waals surface area contributed by atoms with Crippen molar-refractivity contribution in [2.45, 2.75) is 49.4 Å². The molecule has 1 aliphatic carbocycles. The number of carbonyl (C=O) groups excluding carboxylic acids is 2. The lowest BCUT2D eigenvalue weighted by Crippen LogP contribution is -2.31. The number of anilines is 1. The van der Waals surface area contributed by atoms with Crippen molar-refractivity contribution in [1.29, 1.82) is 0 Å². The first-order valence-corrected chi connectivity index (χ1v) is 9.98. The lowest BCUT2D eigenvalue weighted by atomic mass is 9.95. The maximum atomic E-state index is 12.8. The summed E-state index contributed by atoms with van der Waals surface area (Å²) in [6.07, 6.45) is 4.46. The van der Waals surface area contributed by atoms with Crippen molar-refractivity contribution in [3.8, 4) is 5.75 Å². The van der Waals surface area contributed by atoms with Crippen molar-refractivity contribution in [2.24, 2.45) is 0 Å². The van der Waals surface area contributed by atoms with Gasteiger partial charge in [0, 0.05) is 17.8 Å². The standard InChI is InChI=1S/C20H21N3O3S/c1-12-15-5-3-4-6-16(15)22-20(21-12)27-17-11-18(24)23(19(17)25)13-7-9-14(26-2)10-8-13/h7-10,17H,3-6,11H2,1-2H3/t17-/m0/s1. The van der Waals surface area contributed by atoms with Crippen molar-refractivity contribution in [2.75, 3.05) is 12.0 Å². The van der Waals surface area contributed by atoms with Crippen LogP contribution in [0.1, 0.15) is 36.2 Å². The molecule has 0 saturated carbocycles. The highest BCUT2D eigenvalue weighted by molar-refractivity contribution is 8.00. The van der Waals surface area contributed by atoms with E-state index in [0.717, 1.165) is 30.7 Å². The summed E-state index contributed by atoms with van der Waals surface area (Å²) in [5.74, 6) is 0.271. The smallest absolute Gasteiger partial charge is 0.247 e. The van der Waals surface area contributed by atoms with E-state index in [-0.39, 0.29) is 18.2 Å². The summed E-state index contributed by atoms with van der Waals surface area (Å²) in [4.78, 5) is 35.8. The van der Waals surface area contributed by atoms with E-state index in [1.165, 1.54) is 28.6 Å². The van der Waals surface area contributed by atoms with Gasteiger partial charge in [-0.3, -0.25) is 9.59 Å². The molecule has 1 aliphatic heterocycles. The number of benzene rings is 1. The van der Waals surface area contributed by atoms with Gasteiger partial charge in [0.2, 0.25) is 11.8 Å². The summed E-state index contributed by atoms with van der Waals surface area (Å²) in [6, 6.07) is 6.93. The van der Waals surface area contributed by atoms with Crippen LogP contribution in [0.2, 0.25) is 0 Å². The van der Waals surface area contributed by atoms with Gasteiger partial charge in [0.05, 0.1) is 12.8 Å². The fourth-order valence-corrected chi connectivity index (χ4v) is 4.67. The average molecular weight is 383 g/mol. The third-order valence-corrected chi connectivity index (χ3v) is 6.10. The Morgan fingerprint density at radius 3 is 2.59 bits per heavy atom. The molecule has 0 N–H and O–H groups in total. The SMILES string of the molecule is COc1ccc(N2C(=O)C[C@H](Sc3nc(C)c4c(n3)CCCC4)C2=O)cc1. The summed E-state index contributed by atoms with van der Waals surface area (Å²) in [6.45, 7) is 2.00. The van der Waals surface area contributed by atoms with Crippen LogP contribution in [0.25, 0.3) is 0 Å². The predicted octanol–water partition coefficient (Wildman–Crippen LogP) is 3.10. The van der Waals surface area contributed by atoms with Crippen molar-refractivity contribution in [1.82, 2.24) is 9.97 Å². The average Bonchev–Trinajstić information content (AvgIpc) is 2.95. The first-order chi connectivity index (χ1) is 13.1.